The van der Waals surface area contributed by atoms with Gasteiger partial charge in [-0.3, -0.25) is 9.59 Å². The van der Waals surface area contributed by atoms with Crippen molar-refractivity contribution in [3.8, 4) is 11.9 Å². The first kappa shape index (κ1) is 20.4. The highest BCUT2D eigenvalue weighted by Crippen LogP contribution is 2.28. The number of nitrogens with zero attached hydrogens (tertiary/aromatic N) is 4. The fourth-order valence-electron chi connectivity index (χ4n) is 3.86. The molecule has 0 saturated carbocycles. The fraction of sp³-hybridized carbons (Fsp3) is 0.429. The number of benzene rings is 1. The van der Waals surface area contributed by atoms with Crippen LogP contribution in [0, 0.1) is 5.92 Å². The second-order valence-electron chi connectivity index (χ2n) is 7.41. The number of amides is 2. The van der Waals surface area contributed by atoms with Gasteiger partial charge in [0.15, 0.2) is 0 Å². The highest BCUT2D eigenvalue weighted by molar-refractivity contribution is 6.30. The second kappa shape index (κ2) is 8.87. The molecule has 0 bridgehead atoms. The van der Waals surface area contributed by atoms with Gasteiger partial charge in [-0.2, -0.15) is 4.98 Å². The number of likely N-dealkylation sites (tertiary alicyclic amines) is 1. The molecule has 2 saturated heterocycles. The van der Waals surface area contributed by atoms with Crippen LogP contribution in [0.4, 0.5) is 5.69 Å². The molecular formula is C21H23ClN4O4. The van der Waals surface area contributed by atoms with Crippen LogP contribution in [-0.2, 0) is 9.59 Å². The molecule has 9 heteroatoms. The maximum Gasteiger partial charge on any atom is 0.319 e. The van der Waals surface area contributed by atoms with Gasteiger partial charge in [0.1, 0.15) is 6.10 Å². The van der Waals surface area contributed by atoms with E-state index in [0.717, 1.165) is 5.69 Å². The van der Waals surface area contributed by atoms with Gasteiger partial charge in [-0.1, -0.05) is 11.6 Å². The van der Waals surface area contributed by atoms with Gasteiger partial charge >= 0.3 is 6.01 Å². The third-order valence-electron chi connectivity index (χ3n) is 5.44. The van der Waals surface area contributed by atoms with E-state index in [9.17, 15) is 9.59 Å². The number of aromatic nitrogens is 2. The maximum atomic E-state index is 13.0. The molecule has 2 aliphatic heterocycles. The second-order valence-corrected chi connectivity index (χ2v) is 7.84. The highest BCUT2D eigenvalue weighted by Gasteiger charge is 2.38. The van der Waals surface area contributed by atoms with Crippen molar-refractivity contribution in [2.75, 3.05) is 31.6 Å². The summed E-state index contributed by atoms with van der Waals surface area (Å²) in [5.41, 5.74) is 0.770. The number of hydrogen-bond acceptors (Lipinski definition) is 6. The number of ether oxygens (including phenoxy) is 2. The summed E-state index contributed by atoms with van der Waals surface area (Å²) in [6, 6.07) is 9.05. The number of halogens is 1. The minimum Gasteiger partial charge on any atom is -0.474 e. The summed E-state index contributed by atoms with van der Waals surface area (Å²) in [5.74, 6) is 0.136. The molecule has 1 unspecified atom stereocenters. The zero-order valence-corrected chi connectivity index (χ0v) is 17.4. The smallest absolute Gasteiger partial charge is 0.319 e. The van der Waals surface area contributed by atoms with Crippen molar-refractivity contribution in [3.05, 3.63) is 41.6 Å². The van der Waals surface area contributed by atoms with E-state index in [2.05, 4.69) is 9.97 Å². The third-order valence-corrected chi connectivity index (χ3v) is 5.70. The van der Waals surface area contributed by atoms with Crippen LogP contribution in [0.5, 0.6) is 11.9 Å². The molecule has 8 nitrogen and oxygen atoms in total. The van der Waals surface area contributed by atoms with Crippen molar-refractivity contribution in [2.45, 2.75) is 25.4 Å². The number of carbonyl (C=O) groups excluding carboxylic acids is 2. The first-order chi connectivity index (χ1) is 14.5. The van der Waals surface area contributed by atoms with Crippen LogP contribution in [0.3, 0.4) is 0 Å². The molecule has 2 aliphatic rings. The Morgan fingerprint density at radius 2 is 1.90 bits per heavy atom. The van der Waals surface area contributed by atoms with E-state index in [1.54, 1.807) is 41.4 Å². The molecule has 0 aliphatic carbocycles. The molecule has 1 aromatic carbocycles. The summed E-state index contributed by atoms with van der Waals surface area (Å²) in [4.78, 5) is 37.0. The minimum atomic E-state index is -0.322. The van der Waals surface area contributed by atoms with Crippen LogP contribution in [-0.4, -0.2) is 59.5 Å². The molecule has 2 amide bonds. The van der Waals surface area contributed by atoms with Gasteiger partial charge in [0.05, 0.1) is 13.0 Å². The number of piperidine rings is 1. The van der Waals surface area contributed by atoms with Crippen LogP contribution in [0.15, 0.2) is 36.5 Å². The Morgan fingerprint density at radius 3 is 2.60 bits per heavy atom. The van der Waals surface area contributed by atoms with Crippen molar-refractivity contribution in [1.29, 1.82) is 0 Å². The molecule has 1 aromatic heterocycles. The summed E-state index contributed by atoms with van der Waals surface area (Å²) < 4.78 is 10.9. The predicted molar refractivity (Wildman–Crippen MR) is 111 cm³/mol. The number of hydrogen-bond donors (Lipinski definition) is 0. The van der Waals surface area contributed by atoms with E-state index in [4.69, 9.17) is 21.1 Å². The standard InChI is InChI=1S/C21H23ClN4O4/c1-29-21-23-9-6-18(24-21)30-17-7-10-25(11-8-17)20(28)14-12-19(27)26(13-14)16-4-2-15(22)3-5-16/h2-6,9,14,17H,7-8,10-13H2,1H3. The van der Waals surface area contributed by atoms with Gasteiger partial charge in [0.2, 0.25) is 17.7 Å². The van der Waals surface area contributed by atoms with Crippen LogP contribution >= 0.6 is 11.6 Å². The lowest BCUT2D eigenvalue weighted by molar-refractivity contribution is -0.137. The largest absolute Gasteiger partial charge is 0.474 e. The number of anilines is 1. The minimum absolute atomic E-state index is 0.0237. The molecular weight excluding hydrogens is 408 g/mol. The highest BCUT2D eigenvalue weighted by atomic mass is 35.5. The molecule has 1 atom stereocenters. The van der Waals surface area contributed by atoms with Crippen molar-refractivity contribution < 1.29 is 19.1 Å². The normalized spacial score (nSPS) is 19.8. The lowest BCUT2D eigenvalue weighted by Crippen LogP contribution is -2.45. The molecule has 30 heavy (non-hydrogen) atoms. The topological polar surface area (TPSA) is 84.9 Å². The van der Waals surface area contributed by atoms with Gasteiger partial charge in [-0.05, 0) is 24.3 Å². The Morgan fingerprint density at radius 1 is 1.17 bits per heavy atom. The molecule has 0 N–H and O–H groups in total. The van der Waals surface area contributed by atoms with Gasteiger partial charge in [-0.25, -0.2) is 4.98 Å². The van der Waals surface area contributed by atoms with Crippen molar-refractivity contribution in [1.82, 2.24) is 14.9 Å². The number of carbonyl (C=O) groups is 2. The Labute approximate surface area is 179 Å². The van der Waals surface area contributed by atoms with E-state index in [1.165, 1.54) is 7.11 Å². The summed E-state index contributed by atoms with van der Waals surface area (Å²) >= 11 is 5.93. The van der Waals surface area contributed by atoms with Crippen LogP contribution in [0.1, 0.15) is 19.3 Å². The van der Waals surface area contributed by atoms with Crippen LogP contribution in [0.25, 0.3) is 0 Å². The quantitative estimate of drug-likeness (QED) is 0.724. The molecule has 4 rings (SSSR count). The lowest BCUT2D eigenvalue weighted by atomic mass is 10.0. The third kappa shape index (κ3) is 4.48. The van der Waals surface area contributed by atoms with Crippen molar-refractivity contribution >= 4 is 29.1 Å². The summed E-state index contributed by atoms with van der Waals surface area (Å²) in [7, 11) is 1.51. The Balaban J connectivity index is 1.31. The van der Waals surface area contributed by atoms with E-state index >= 15 is 0 Å². The van der Waals surface area contributed by atoms with E-state index in [0.29, 0.717) is 43.4 Å². The van der Waals surface area contributed by atoms with Crippen molar-refractivity contribution in [2.24, 2.45) is 5.92 Å². The molecule has 0 spiro atoms. The lowest BCUT2D eigenvalue weighted by Gasteiger charge is -2.33. The van der Waals surface area contributed by atoms with E-state index in [-0.39, 0.29) is 36.3 Å². The fourth-order valence-corrected chi connectivity index (χ4v) is 3.98. The molecule has 0 radical (unpaired) electrons. The average Bonchev–Trinajstić information content (AvgIpc) is 3.16. The SMILES string of the molecule is COc1nccc(OC2CCN(C(=O)C3CC(=O)N(c4ccc(Cl)cc4)C3)CC2)n1. The summed E-state index contributed by atoms with van der Waals surface area (Å²) in [5, 5.41) is 0.614. The van der Waals surface area contributed by atoms with Crippen LogP contribution < -0.4 is 14.4 Å². The summed E-state index contributed by atoms with van der Waals surface area (Å²) in [6.07, 6.45) is 3.21. The summed E-state index contributed by atoms with van der Waals surface area (Å²) in [6.45, 7) is 1.59. The van der Waals surface area contributed by atoms with Gasteiger partial charge in [0.25, 0.3) is 0 Å². The number of methoxy groups -OCH3 is 1. The van der Waals surface area contributed by atoms with Gasteiger partial charge in [-0.15, -0.1) is 0 Å². The maximum absolute atomic E-state index is 13.0. The van der Waals surface area contributed by atoms with Crippen LogP contribution in [0.2, 0.25) is 5.02 Å². The predicted octanol–water partition coefficient (Wildman–Crippen LogP) is 2.56. The Kier molecular flexibility index (Phi) is 6.03. The van der Waals surface area contributed by atoms with E-state index < -0.39 is 0 Å². The molecule has 2 aromatic rings. The first-order valence-electron chi connectivity index (χ1n) is 9.92. The molecule has 3 heterocycles. The monoisotopic (exact) mass is 430 g/mol. The zero-order chi connectivity index (χ0) is 21.1. The Bertz CT molecular complexity index is 915. The zero-order valence-electron chi connectivity index (χ0n) is 16.7. The van der Waals surface area contributed by atoms with Gasteiger partial charge in [0, 0.05) is 61.9 Å². The van der Waals surface area contributed by atoms with Gasteiger partial charge < -0.3 is 19.3 Å². The average molecular weight is 431 g/mol. The van der Waals surface area contributed by atoms with E-state index in [1.807, 2.05) is 4.90 Å². The molecule has 158 valence electrons. The molecule has 2 fully saturated rings. The number of rotatable bonds is 5. The first-order valence-corrected chi connectivity index (χ1v) is 10.3. The van der Waals surface area contributed by atoms with Crippen molar-refractivity contribution in [3.63, 3.8) is 0 Å². The Hall–Kier alpha value is -2.87.